The molecule has 0 spiro atoms. The lowest BCUT2D eigenvalue weighted by molar-refractivity contribution is 0.0919. The molecule has 1 aromatic carbocycles. The molecule has 0 bridgehead atoms. The molecule has 5 heteroatoms. The van der Waals surface area contributed by atoms with Crippen LogP contribution < -0.4 is 11.1 Å². The number of carbonyl (C=O) groups excluding carboxylic acids is 1. The molecule has 1 aliphatic carbocycles. The summed E-state index contributed by atoms with van der Waals surface area (Å²) in [5, 5.41) is 14.7. The highest BCUT2D eigenvalue weighted by Gasteiger charge is 2.21. The zero-order chi connectivity index (χ0) is 15.2. The summed E-state index contributed by atoms with van der Waals surface area (Å²) in [4.78, 5) is 12.3. The SMILES string of the molecule is CC(NC(=O)c1cccc(C(N)=NO)c1)C1CCCCC1. The number of nitrogens with one attached hydrogen (secondary N) is 1. The van der Waals surface area contributed by atoms with Crippen LogP contribution in [0.1, 0.15) is 54.9 Å². The van der Waals surface area contributed by atoms with Crippen LogP contribution in [0.4, 0.5) is 0 Å². The summed E-state index contributed by atoms with van der Waals surface area (Å²) in [6.07, 6.45) is 6.18. The van der Waals surface area contributed by atoms with Gasteiger partial charge in [-0.1, -0.05) is 36.6 Å². The topological polar surface area (TPSA) is 87.7 Å². The second-order valence-electron chi connectivity index (χ2n) is 5.73. The van der Waals surface area contributed by atoms with Gasteiger partial charge in [0.1, 0.15) is 0 Å². The Labute approximate surface area is 125 Å². The fourth-order valence-corrected chi connectivity index (χ4v) is 2.92. The van der Waals surface area contributed by atoms with Crippen molar-refractivity contribution in [2.45, 2.75) is 45.1 Å². The molecule has 1 atom stereocenters. The Morgan fingerprint density at radius 1 is 1.33 bits per heavy atom. The van der Waals surface area contributed by atoms with Crippen molar-refractivity contribution in [2.24, 2.45) is 16.8 Å². The van der Waals surface area contributed by atoms with Gasteiger partial charge in [0.2, 0.25) is 0 Å². The van der Waals surface area contributed by atoms with Gasteiger partial charge in [-0.25, -0.2) is 0 Å². The highest BCUT2D eigenvalue weighted by atomic mass is 16.4. The minimum Gasteiger partial charge on any atom is -0.409 e. The fourth-order valence-electron chi connectivity index (χ4n) is 2.92. The van der Waals surface area contributed by atoms with Gasteiger partial charge in [0.25, 0.3) is 5.91 Å². The molecule has 0 aromatic heterocycles. The van der Waals surface area contributed by atoms with E-state index in [9.17, 15) is 4.79 Å². The van der Waals surface area contributed by atoms with Crippen molar-refractivity contribution in [3.05, 3.63) is 35.4 Å². The van der Waals surface area contributed by atoms with E-state index in [-0.39, 0.29) is 17.8 Å². The van der Waals surface area contributed by atoms with Crippen molar-refractivity contribution in [1.29, 1.82) is 0 Å². The van der Waals surface area contributed by atoms with Gasteiger partial charge in [-0.05, 0) is 37.8 Å². The minimum atomic E-state index is -0.110. The molecule has 5 nitrogen and oxygen atoms in total. The normalized spacial score (nSPS) is 18.2. The van der Waals surface area contributed by atoms with Crippen LogP contribution in [-0.2, 0) is 0 Å². The molecule has 0 aliphatic heterocycles. The smallest absolute Gasteiger partial charge is 0.251 e. The monoisotopic (exact) mass is 289 g/mol. The summed E-state index contributed by atoms with van der Waals surface area (Å²) >= 11 is 0. The van der Waals surface area contributed by atoms with Crippen LogP contribution >= 0.6 is 0 Å². The van der Waals surface area contributed by atoms with Gasteiger partial charge in [0, 0.05) is 17.2 Å². The quantitative estimate of drug-likeness (QED) is 0.344. The van der Waals surface area contributed by atoms with Crippen molar-refractivity contribution in [3.8, 4) is 0 Å². The van der Waals surface area contributed by atoms with E-state index in [4.69, 9.17) is 10.9 Å². The third-order valence-electron chi connectivity index (χ3n) is 4.24. The van der Waals surface area contributed by atoms with Crippen LogP contribution in [0.5, 0.6) is 0 Å². The van der Waals surface area contributed by atoms with E-state index in [1.165, 1.54) is 32.1 Å². The van der Waals surface area contributed by atoms with Gasteiger partial charge in [-0.3, -0.25) is 4.79 Å². The van der Waals surface area contributed by atoms with Crippen LogP contribution in [0.2, 0.25) is 0 Å². The number of hydrogen-bond acceptors (Lipinski definition) is 3. The Bertz CT molecular complexity index is 522. The average Bonchev–Trinajstić information content (AvgIpc) is 2.55. The summed E-state index contributed by atoms with van der Waals surface area (Å²) in [6.45, 7) is 2.07. The molecule has 1 amide bonds. The van der Waals surface area contributed by atoms with E-state index in [1.54, 1.807) is 24.3 Å². The number of hydrogen-bond donors (Lipinski definition) is 3. The van der Waals surface area contributed by atoms with Gasteiger partial charge in [-0.2, -0.15) is 0 Å². The summed E-state index contributed by atoms with van der Waals surface area (Å²) in [6, 6.07) is 6.98. The molecule has 1 aromatic rings. The first kappa shape index (κ1) is 15.4. The molecule has 1 saturated carbocycles. The van der Waals surface area contributed by atoms with Gasteiger partial charge in [0.05, 0.1) is 0 Å². The van der Waals surface area contributed by atoms with E-state index >= 15 is 0 Å². The predicted molar refractivity (Wildman–Crippen MR) is 82.5 cm³/mol. The van der Waals surface area contributed by atoms with Crippen LogP contribution in [0.3, 0.4) is 0 Å². The van der Waals surface area contributed by atoms with E-state index in [0.717, 1.165) is 0 Å². The van der Waals surface area contributed by atoms with Gasteiger partial charge >= 0.3 is 0 Å². The second-order valence-corrected chi connectivity index (χ2v) is 5.73. The third-order valence-corrected chi connectivity index (χ3v) is 4.24. The highest BCUT2D eigenvalue weighted by molar-refractivity contribution is 6.01. The van der Waals surface area contributed by atoms with Crippen LogP contribution in [-0.4, -0.2) is 23.0 Å². The molecule has 21 heavy (non-hydrogen) atoms. The van der Waals surface area contributed by atoms with Crippen molar-refractivity contribution in [1.82, 2.24) is 5.32 Å². The van der Waals surface area contributed by atoms with Gasteiger partial charge < -0.3 is 16.3 Å². The number of nitrogens with two attached hydrogens (primary N) is 1. The molecule has 2 rings (SSSR count). The lowest BCUT2D eigenvalue weighted by Gasteiger charge is -2.28. The summed E-state index contributed by atoms with van der Waals surface area (Å²) in [5.74, 6) is 0.459. The summed E-state index contributed by atoms with van der Waals surface area (Å²) < 4.78 is 0. The predicted octanol–water partition coefficient (Wildman–Crippen LogP) is 2.48. The van der Waals surface area contributed by atoms with E-state index in [1.807, 2.05) is 0 Å². The molecule has 0 heterocycles. The maximum atomic E-state index is 12.3. The molecule has 0 saturated heterocycles. The highest BCUT2D eigenvalue weighted by Crippen LogP contribution is 2.26. The molecular formula is C16H23N3O2. The zero-order valence-electron chi connectivity index (χ0n) is 12.4. The molecule has 0 radical (unpaired) electrons. The molecule has 1 unspecified atom stereocenters. The van der Waals surface area contributed by atoms with E-state index in [2.05, 4.69) is 17.4 Å². The Morgan fingerprint density at radius 3 is 2.67 bits per heavy atom. The standard InChI is InChI=1S/C16H23N3O2/c1-11(12-6-3-2-4-7-12)18-16(20)14-9-5-8-13(10-14)15(17)19-21/h5,8-12,21H,2-4,6-7H2,1H3,(H2,17,19)(H,18,20). The summed E-state index contributed by atoms with van der Waals surface area (Å²) in [5.41, 5.74) is 6.62. The molecular weight excluding hydrogens is 266 g/mol. The fraction of sp³-hybridized carbons (Fsp3) is 0.500. The minimum absolute atomic E-state index is 0.00461. The van der Waals surface area contributed by atoms with Gasteiger partial charge in [-0.15, -0.1) is 0 Å². The average molecular weight is 289 g/mol. The first-order valence-electron chi connectivity index (χ1n) is 7.50. The first-order chi connectivity index (χ1) is 10.1. The third kappa shape index (κ3) is 3.97. The van der Waals surface area contributed by atoms with Crippen molar-refractivity contribution < 1.29 is 10.0 Å². The van der Waals surface area contributed by atoms with Crippen molar-refractivity contribution in [2.75, 3.05) is 0 Å². The van der Waals surface area contributed by atoms with Crippen molar-refractivity contribution in [3.63, 3.8) is 0 Å². The maximum absolute atomic E-state index is 12.3. The molecule has 4 N–H and O–H groups in total. The number of nitrogens with zero attached hydrogens (tertiary/aromatic N) is 1. The second kappa shape index (κ2) is 7.11. The number of rotatable bonds is 4. The molecule has 114 valence electrons. The number of oxime groups is 1. The molecule has 1 aliphatic rings. The van der Waals surface area contributed by atoms with Gasteiger partial charge in [0.15, 0.2) is 5.84 Å². The number of amidine groups is 1. The largest absolute Gasteiger partial charge is 0.409 e. The number of carbonyl (C=O) groups is 1. The Balaban J connectivity index is 2.02. The van der Waals surface area contributed by atoms with Crippen LogP contribution in [0, 0.1) is 5.92 Å². The van der Waals surface area contributed by atoms with Crippen LogP contribution in [0.25, 0.3) is 0 Å². The molecule has 1 fully saturated rings. The Kier molecular flexibility index (Phi) is 5.20. The van der Waals surface area contributed by atoms with Crippen molar-refractivity contribution >= 4 is 11.7 Å². The summed E-state index contributed by atoms with van der Waals surface area (Å²) in [7, 11) is 0. The lowest BCUT2D eigenvalue weighted by Crippen LogP contribution is -2.38. The first-order valence-corrected chi connectivity index (χ1v) is 7.50. The Hall–Kier alpha value is -2.04. The number of benzene rings is 1. The number of amides is 1. The maximum Gasteiger partial charge on any atom is 0.251 e. The van der Waals surface area contributed by atoms with E-state index in [0.29, 0.717) is 17.0 Å². The Morgan fingerprint density at radius 2 is 2.00 bits per heavy atom. The van der Waals surface area contributed by atoms with E-state index < -0.39 is 0 Å². The zero-order valence-corrected chi connectivity index (χ0v) is 12.4. The lowest BCUT2D eigenvalue weighted by atomic mass is 9.84. The van der Waals surface area contributed by atoms with Crippen LogP contribution in [0.15, 0.2) is 29.4 Å².